The maximum Gasteiger partial charge on any atom is 0.333 e. The number of ether oxygens (including phenoxy) is 9. The largest absolute Gasteiger partial charge is 0.460 e. The van der Waals surface area contributed by atoms with Crippen molar-refractivity contribution in [3.63, 3.8) is 0 Å². The Hall–Kier alpha value is -3.36. The van der Waals surface area contributed by atoms with Gasteiger partial charge < -0.3 is 42.6 Å². The molecule has 0 N–H and O–H groups in total. The number of carbonyl (C=O) groups is 4. The van der Waals surface area contributed by atoms with Gasteiger partial charge in [0.2, 0.25) is 0 Å². The van der Waals surface area contributed by atoms with Gasteiger partial charge in [-0.15, -0.1) is 0 Å². The van der Waals surface area contributed by atoms with Crippen molar-refractivity contribution in [2.45, 2.75) is 13.8 Å². The van der Waals surface area contributed by atoms with Crippen LogP contribution >= 0.6 is 0 Å². The highest BCUT2D eigenvalue weighted by atomic mass is 16.6. The lowest BCUT2D eigenvalue weighted by molar-refractivity contribution is -0.142. The van der Waals surface area contributed by atoms with Gasteiger partial charge >= 0.3 is 23.9 Å². The Bertz CT molecular complexity index is 728. The van der Waals surface area contributed by atoms with Gasteiger partial charge in [-0.3, -0.25) is 0 Å². The minimum absolute atomic E-state index is 0.182. The topological polar surface area (TPSA) is 151 Å². The Morgan fingerprint density at radius 3 is 0.878 bits per heavy atom. The Morgan fingerprint density at radius 1 is 0.439 bits per heavy atom. The summed E-state index contributed by atoms with van der Waals surface area (Å²) in [5.41, 5.74) is 0.718. The third-order valence-electron chi connectivity index (χ3n) is 4.01. The number of hydrogen-bond acceptors (Lipinski definition) is 13. The van der Waals surface area contributed by atoms with Crippen LogP contribution in [0.15, 0.2) is 49.6 Å². The average molecular weight is 589 g/mol. The fraction of sp³-hybridized carbons (Fsp3) is 0.571. The Kier molecular flexibility index (Phi) is 28.7. The maximum absolute atomic E-state index is 11.0. The second-order valence-electron chi connectivity index (χ2n) is 7.64. The van der Waals surface area contributed by atoms with E-state index >= 15 is 0 Å². The summed E-state index contributed by atoms with van der Waals surface area (Å²) in [7, 11) is 0. The Balaban J connectivity index is 0. The van der Waals surface area contributed by atoms with Crippen LogP contribution in [0.1, 0.15) is 13.8 Å². The first-order chi connectivity index (χ1) is 19.6. The number of hydrogen-bond donors (Lipinski definition) is 0. The molecule has 13 heteroatoms. The van der Waals surface area contributed by atoms with Crippen LogP contribution in [0.2, 0.25) is 0 Å². The van der Waals surface area contributed by atoms with Crippen LogP contribution in [0.3, 0.4) is 0 Å². The van der Waals surface area contributed by atoms with E-state index in [0.29, 0.717) is 77.2 Å². The van der Waals surface area contributed by atoms with Gasteiger partial charge in [-0.1, -0.05) is 26.3 Å². The molecule has 0 amide bonds. The fourth-order valence-corrected chi connectivity index (χ4v) is 2.02. The predicted octanol–water partition coefficient (Wildman–Crippen LogP) is 1.75. The maximum atomic E-state index is 11.0. The molecule has 0 saturated carbocycles. The highest BCUT2D eigenvalue weighted by molar-refractivity contribution is 5.87. The zero-order chi connectivity index (χ0) is 31.1. The molecule has 0 aliphatic rings. The third-order valence-corrected chi connectivity index (χ3v) is 4.01. The molecule has 0 heterocycles. The first-order valence-electron chi connectivity index (χ1n) is 12.8. The van der Waals surface area contributed by atoms with Gasteiger partial charge in [0.05, 0.1) is 66.1 Å². The van der Waals surface area contributed by atoms with E-state index in [1.54, 1.807) is 13.8 Å². The molecule has 41 heavy (non-hydrogen) atoms. The molecule has 0 aliphatic carbocycles. The second kappa shape index (κ2) is 29.6. The van der Waals surface area contributed by atoms with E-state index in [4.69, 9.17) is 42.6 Å². The van der Waals surface area contributed by atoms with Gasteiger partial charge in [-0.2, -0.15) is 0 Å². The molecule has 0 aromatic carbocycles. The number of carbonyl (C=O) groups excluding carboxylic acids is 4. The monoisotopic (exact) mass is 588 g/mol. The molecule has 0 saturated heterocycles. The molecule has 0 radical (unpaired) electrons. The van der Waals surface area contributed by atoms with Crippen LogP contribution in [0, 0.1) is 0 Å². The number of esters is 4. The zero-order valence-electron chi connectivity index (χ0n) is 24.2. The first-order valence-corrected chi connectivity index (χ1v) is 12.8. The summed E-state index contributed by atoms with van der Waals surface area (Å²) in [5, 5.41) is 0. The van der Waals surface area contributed by atoms with E-state index in [-0.39, 0.29) is 26.4 Å². The van der Waals surface area contributed by atoms with E-state index in [0.717, 1.165) is 12.2 Å². The zero-order valence-corrected chi connectivity index (χ0v) is 24.2. The van der Waals surface area contributed by atoms with E-state index in [1.807, 2.05) is 0 Å². The van der Waals surface area contributed by atoms with Gasteiger partial charge in [-0.25, -0.2) is 19.2 Å². The standard InChI is InChI=1S/C14H22O7.C14H22O6/c1-3-13(15)20-11-9-18-7-5-17-6-8-19-10-12-21-14(16)4-2;1-11(2)13(15)19-9-7-17-5-6-18-8-10-20-14(16)12(3)4/h3-4H,1-2,5-12H2;1,3,5-10H2,2,4H3. The van der Waals surface area contributed by atoms with Gasteiger partial charge in [0.1, 0.15) is 26.4 Å². The van der Waals surface area contributed by atoms with Crippen molar-refractivity contribution in [2.24, 2.45) is 0 Å². The summed E-state index contributed by atoms with van der Waals surface area (Å²) < 4.78 is 45.0. The van der Waals surface area contributed by atoms with Gasteiger partial charge in [-0.05, 0) is 13.8 Å². The van der Waals surface area contributed by atoms with Gasteiger partial charge in [0, 0.05) is 23.3 Å². The smallest absolute Gasteiger partial charge is 0.333 e. The lowest BCUT2D eigenvalue weighted by Crippen LogP contribution is -2.15. The minimum Gasteiger partial charge on any atom is -0.460 e. The molecule has 0 aromatic rings. The summed E-state index contributed by atoms with van der Waals surface area (Å²) in [6, 6.07) is 0. The summed E-state index contributed by atoms with van der Waals surface area (Å²) in [6.45, 7) is 21.0. The van der Waals surface area contributed by atoms with Crippen LogP contribution in [0.4, 0.5) is 0 Å². The molecule has 0 bridgehead atoms. The molecule has 0 atom stereocenters. The van der Waals surface area contributed by atoms with Crippen LogP contribution in [-0.4, -0.2) is 116 Å². The molecule has 0 aromatic heterocycles. The van der Waals surface area contributed by atoms with Crippen molar-refractivity contribution in [1.82, 2.24) is 0 Å². The number of rotatable bonds is 25. The summed E-state index contributed by atoms with van der Waals surface area (Å²) >= 11 is 0. The Labute approximate surface area is 242 Å². The van der Waals surface area contributed by atoms with Crippen molar-refractivity contribution >= 4 is 23.9 Å². The van der Waals surface area contributed by atoms with Gasteiger partial charge in [0.15, 0.2) is 0 Å². The SMILES string of the molecule is C=C(C)C(=O)OCCOCCOCCOC(=O)C(=C)C.C=CC(=O)OCCOCCOCCOCCOC(=O)C=C. The van der Waals surface area contributed by atoms with Crippen LogP contribution in [0.5, 0.6) is 0 Å². The molecule has 234 valence electrons. The summed E-state index contributed by atoms with van der Waals surface area (Å²) in [4.78, 5) is 43.4. The summed E-state index contributed by atoms with van der Waals surface area (Å²) in [6.07, 6.45) is 2.20. The van der Waals surface area contributed by atoms with Crippen molar-refractivity contribution in [1.29, 1.82) is 0 Å². The summed E-state index contributed by atoms with van der Waals surface area (Å²) in [5.74, 6) is -1.79. The van der Waals surface area contributed by atoms with Crippen molar-refractivity contribution in [3.05, 3.63) is 49.6 Å². The first kappa shape index (κ1) is 39.8. The molecule has 0 rings (SSSR count). The van der Waals surface area contributed by atoms with E-state index in [9.17, 15) is 19.2 Å². The molecule has 0 unspecified atom stereocenters. The molecule has 0 aliphatic heterocycles. The normalized spacial score (nSPS) is 9.90. The highest BCUT2D eigenvalue weighted by Gasteiger charge is 2.03. The molecular weight excluding hydrogens is 544 g/mol. The van der Waals surface area contributed by atoms with Crippen LogP contribution in [-0.2, 0) is 61.8 Å². The lowest BCUT2D eigenvalue weighted by Gasteiger charge is -2.07. The van der Waals surface area contributed by atoms with Crippen molar-refractivity contribution in [2.75, 3.05) is 92.5 Å². The second-order valence-corrected chi connectivity index (χ2v) is 7.64. The van der Waals surface area contributed by atoms with Crippen molar-refractivity contribution in [3.8, 4) is 0 Å². The predicted molar refractivity (Wildman–Crippen MR) is 148 cm³/mol. The molecule has 0 spiro atoms. The fourth-order valence-electron chi connectivity index (χ4n) is 2.02. The van der Waals surface area contributed by atoms with E-state index < -0.39 is 23.9 Å². The van der Waals surface area contributed by atoms with Crippen molar-refractivity contribution < 1.29 is 61.8 Å². The van der Waals surface area contributed by atoms with Crippen LogP contribution < -0.4 is 0 Å². The average Bonchev–Trinajstić information content (AvgIpc) is 2.95. The highest BCUT2D eigenvalue weighted by Crippen LogP contribution is 1.93. The quantitative estimate of drug-likeness (QED) is 0.0660. The van der Waals surface area contributed by atoms with Gasteiger partial charge in [0.25, 0.3) is 0 Å². The molecular formula is C28H44O13. The molecule has 0 fully saturated rings. The molecule has 13 nitrogen and oxygen atoms in total. The minimum atomic E-state index is -0.467. The van der Waals surface area contributed by atoms with E-state index in [2.05, 4.69) is 26.3 Å². The third kappa shape index (κ3) is 31.0. The lowest BCUT2D eigenvalue weighted by atomic mass is 10.4. The van der Waals surface area contributed by atoms with Crippen LogP contribution in [0.25, 0.3) is 0 Å². The Morgan fingerprint density at radius 2 is 0.659 bits per heavy atom. The van der Waals surface area contributed by atoms with E-state index in [1.165, 1.54) is 0 Å².